The van der Waals surface area contributed by atoms with Crippen LogP contribution in [-0.4, -0.2) is 23.1 Å². The van der Waals surface area contributed by atoms with Crippen LogP contribution >= 0.6 is 0 Å². The minimum absolute atomic E-state index is 0.160. The maximum absolute atomic E-state index is 12.5. The van der Waals surface area contributed by atoms with E-state index in [-0.39, 0.29) is 5.91 Å². The second-order valence-electron chi connectivity index (χ2n) is 6.16. The monoisotopic (exact) mass is 346 g/mol. The van der Waals surface area contributed by atoms with Crippen LogP contribution < -0.4 is 10.3 Å². The van der Waals surface area contributed by atoms with Gasteiger partial charge in [-0.3, -0.25) is 9.80 Å². The van der Waals surface area contributed by atoms with Crippen molar-refractivity contribution in [1.29, 1.82) is 0 Å². The Labute approximate surface area is 151 Å². The van der Waals surface area contributed by atoms with Crippen molar-refractivity contribution in [1.82, 2.24) is 4.98 Å². The molecule has 0 spiro atoms. The zero-order chi connectivity index (χ0) is 17.9. The molecule has 1 N–H and O–H groups in total. The van der Waals surface area contributed by atoms with E-state index < -0.39 is 0 Å². The van der Waals surface area contributed by atoms with Crippen LogP contribution in [0.5, 0.6) is 0 Å². The molecule has 0 radical (unpaired) electrons. The number of rotatable bonds is 4. The maximum atomic E-state index is 12.5. The Morgan fingerprint density at radius 3 is 2.73 bits per heavy atom. The third-order valence-corrected chi connectivity index (χ3v) is 4.24. The zero-order valence-electron chi connectivity index (χ0n) is 14.3. The third-order valence-electron chi connectivity index (χ3n) is 4.24. The Morgan fingerprint density at radius 2 is 2.04 bits per heavy atom. The van der Waals surface area contributed by atoms with Gasteiger partial charge in [0.2, 0.25) is 0 Å². The van der Waals surface area contributed by atoms with Gasteiger partial charge < -0.3 is 9.73 Å². The summed E-state index contributed by atoms with van der Waals surface area (Å²) in [5.41, 5.74) is 4.27. The van der Waals surface area contributed by atoms with Crippen molar-refractivity contribution in [3.8, 4) is 11.3 Å². The topological polar surface area (TPSA) is 70.7 Å². The normalized spacial score (nSPS) is 13.6. The van der Waals surface area contributed by atoms with Gasteiger partial charge in [0.05, 0.1) is 11.9 Å². The molecule has 0 fully saturated rings. The van der Waals surface area contributed by atoms with Crippen molar-refractivity contribution >= 4 is 23.0 Å². The lowest BCUT2D eigenvalue weighted by atomic mass is 10.1. The van der Waals surface area contributed by atoms with Crippen LogP contribution in [0.3, 0.4) is 0 Å². The second-order valence-corrected chi connectivity index (χ2v) is 6.16. The molecule has 6 nitrogen and oxygen atoms in total. The Kier molecular flexibility index (Phi) is 4.23. The number of nitrogens with one attached hydrogen (secondary N) is 1. The average Bonchev–Trinajstić information content (AvgIpc) is 3.34. The number of nitrogens with zero attached hydrogens (tertiary/aromatic N) is 3. The Morgan fingerprint density at radius 1 is 1.19 bits per heavy atom. The zero-order valence-corrected chi connectivity index (χ0v) is 14.3. The maximum Gasteiger partial charge on any atom is 0.255 e. The van der Waals surface area contributed by atoms with E-state index in [1.165, 1.54) is 6.39 Å². The summed E-state index contributed by atoms with van der Waals surface area (Å²) < 4.78 is 5.29. The number of aromatic nitrogens is 1. The molecular formula is C20H18N4O2. The van der Waals surface area contributed by atoms with E-state index in [9.17, 15) is 4.79 Å². The summed E-state index contributed by atoms with van der Waals surface area (Å²) in [5.74, 6) is 0.499. The van der Waals surface area contributed by atoms with E-state index in [0.717, 1.165) is 29.9 Å². The summed E-state index contributed by atoms with van der Waals surface area (Å²) in [6.07, 6.45) is 4.00. The van der Waals surface area contributed by atoms with Crippen LogP contribution in [0.1, 0.15) is 23.7 Å². The van der Waals surface area contributed by atoms with Crippen molar-refractivity contribution in [2.24, 2.45) is 5.10 Å². The lowest BCUT2D eigenvalue weighted by molar-refractivity contribution is 0.102. The lowest BCUT2D eigenvalue weighted by Gasteiger charge is -2.14. The summed E-state index contributed by atoms with van der Waals surface area (Å²) >= 11 is 0. The Balaban J connectivity index is 1.47. The van der Waals surface area contributed by atoms with Gasteiger partial charge in [0.25, 0.3) is 5.91 Å². The van der Waals surface area contributed by atoms with Crippen molar-refractivity contribution in [2.75, 3.05) is 16.9 Å². The van der Waals surface area contributed by atoms with Gasteiger partial charge in [0.15, 0.2) is 12.2 Å². The number of hydrogen-bond acceptors (Lipinski definition) is 5. The molecular weight excluding hydrogens is 328 g/mol. The number of oxazole rings is 1. The molecule has 0 unspecified atom stereocenters. The van der Waals surface area contributed by atoms with Crippen LogP contribution in [0.4, 0.5) is 11.4 Å². The molecule has 1 aliphatic rings. The minimum atomic E-state index is -0.160. The molecule has 2 aromatic carbocycles. The molecule has 0 saturated heterocycles. The first-order valence-electron chi connectivity index (χ1n) is 8.41. The van der Waals surface area contributed by atoms with Crippen LogP contribution in [0.2, 0.25) is 0 Å². The number of benzene rings is 2. The number of hydrogen-bond donors (Lipinski definition) is 1. The van der Waals surface area contributed by atoms with E-state index in [4.69, 9.17) is 4.42 Å². The molecule has 1 aliphatic heterocycles. The van der Waals surface area contributed by atoms with E-state index >= 15 is 0 Å². The van der Waals surface area contributed by atoms with Crippen molar-refractivity contribution in [3.05, 3.63) is 66.7 Å². The first kappa shape index (κ1) is 16.1. The molecule has 1 amide bonds. The fourth-order valence-electron chi connectivity index (χ4n) is 2.86. The highest BCUT2D eigenvalue weighted by molar-refractivity contribution is 6.04. The highest BCUT2D eigenvalue weighted by Gasteiger charge is 2.14. The predicted octanol–water partition coefficient (Wildman–Crippen LogP) is 4.18. The highest BCUT2D eigenvalue weighted by atomic mass is 16.3. The molecule has 0 bridgehead atoms. The summed E-state index contributed by atoms with van der Waals surface area (Å²) in [6, 6.07) is 14.9. The van der Waals surface area contributed by atoms with Crippen LogP contribution in [0.15, 0.2) is 70.6 Å². The standard InChI is InChI=1S/C20H18N4O2/c1-14-9-10-24(23-14)18-7-5-15(6-8-18)20(25)22-17-4-2-3-16(11-17)19-12-21-13-26-19/h2-8,11-13H,9-10H2,1H3,(H,22,25). The van der Waals surface area contributed by atoms with Crippen molar-refractivity contribution in [2.45, 2.75) is 13.3 Å². The summed E-state index contributed by atoms with van der Waals surface area (Å²) in [7, 11) is 0. The fourth-order valence-corrected chi connectivity index (χ4v) is 2.86. The van der Waals surface area contributed by atoms with Crippen molar-refractivity contribution < 1.29 is 9.21 Å². The summed E-state index contributed by atoms with van der Waals surface area (Å²) in [4.78, 5) is 16.4. The Hall–Kier alpha value is -3.41. The molecule has 26 heavy (non-hydrogen) atoms. The van der Waals surface area contributed by atoms with Gasteiger partial charge in [0, 0.05) is 35.5 Å². The molecule has 0 aliphatic carbocycles. The molecule has 0 atom stereocenters. The molecule has 130 valence electrons. The first-order valence-corrected chi connectivity index (χ1v) is 8.41. The third kappa shape index (κ3) is 3.35. The fraction of sp³-hybridized carbons (Fsp3) is 0.150. The quantitative estimate of drug-likeness (QED) is 0.769. The van der Waals surface area contributed by atoms with Gasteiger partial charge in [-0.2, -0.15) is 5.10 Å². The first-order chi connectivity index (χ1) is 12.7. The average molecular weight is 346 g/mol. The predicted molar refractivity (Wildman–Crippen MR) is 101 cm³/mol. The van der Waals surface area contributed by atoms with E-state index in [1.54, 1.807) is 6.20 Å². The van der Waals surface area contributed by atoms with Gasteiger partial charge in [-0.15, -0.1) is 0 Å². The van der Waals surface area contributed by atoms with Gasteiger partial charge >= 0.3 is 0 Å². The van der Waals surface area contributed by atoms with Gasteiger partial charge in [0.1, 0.15) is 0 Å². The largest absolute Gasteiger partial charge is 0.444 e. The van der Waals surface area contributed by atoms with Crippen LogP contribution in [0, 0.1) is 0 Å². The lowest BCUT2D eigenvalue weighted by Crippen LogP contribution is -2.14. The molecule has 6 heteroatoms. The van der Waals surface area contributed by atoms with E-state index in [1.807, 2.05) is 60.5 Å². The number of amides is 1. The SMILES string of the molecule is CC1=NN(c2ccc(C(=O)Nc3cccc(-c4cnco4)c3)cc2)CC1. The number of carbonyl (C=O) groups excluding carboxylic acids is 1. The molecule has 1 aromatic heterocycles. The van der Waals surface area contributed by atoms with E-state index in [2.05, 4.69) is 15.4 Å². The van der Waals surface area contributed by atoms with Crippen LogP contribution in [-0.2, 0) is 0 Å². The molecule has 0 saturated carbocycles. The highest BCUT2D eigenvalue weighted by Crippen LogP contribution is 2.23. The number of hydrazone groups is 1. The van der Waals surface area contributed by atoms with Gasteiger partial charge in [-0.25, -0.2) is 4.98 Å². The smallest absolute Gasteiger partial charge is 0.255 e. The molecule has 2 heterocycles. The van der Waals surface area contributed by atoms with Gasteiger partial charge in [-0.05, 0) is 43.3 Å². The summed E-state index contributed by atoms with van der Waals surface area (Å²) in [5, 5.41) is 9.34. The second kappa shape index (κ2) is 6.84. The molecule has 4 rings (SSSR count). The Bertz CT molecular complexity index is 946. The van der Waals surface area contributed by atoms with Gasteiger partial charge in [-0.1, -0.05) is 12.1 Å². The minimum Gasteiger partial charge on any atom is -0.444 e. The van der Waals surface area contributed by atoms with Crippen molar-refractivity contribution in [3.63, 3.8) is 0 Å². The molecule has 3 aromatic rings. The summed E-state index contributed by atoms with van der Waals surface area (Å²) in [6.45, 7) is 2.90. The number of anilines is 2. The van der Waals surface area contributed by atoms with E-state index in [0.29, 0.717) is 17.0 Å². The van der Waals surface area contributed by atoms with Crippen LogP contribution in [0.25, 0.3) is 11.3 Å². The number of carbonyl (C=O) groups is 1.